The highest BCUT2D eigenvalue weighted by Gasteiger charge is 2.13. The van der Waals surface area contributed by atoms with Crippen LogP contribution in [0, 0.1) is 6.92 Å². The molecule has 3 heteroatoms. The molecule has 1 aromatic carbocycles. The van der Waals surface area contributed by atoms with E-state index in [0.29, 0.717) is 0 Å². The molecule has 1 fully saturated rings. The van der Waals surface area contributed by atoms with Crippen molar-refractivity contribution in [1.29, 1.82) is 0 Å². The summed E-state index contributed by atoms with van der Waals surface area (Å²) in [6.07, 6.45) is 5.29. The van der Waals surface area contributed by atoms with Gasteiger partial charge in [-0.2, -0.15) is 0 Å². The van der Waals surface area contributed by atoms with Gasteiger partial charge in [-0.3, -0.25) is 0 Å². The molecule has 1 aliphatic heterocycles. The van der Waals surface area contributed by atoms with E-state index in [0.717, 1.165) is 28.1 Å². The standard InChI is InChI=1S/C13H17BrClN/c1-10-8-11(14)13(9-12(10)15)16-6-4-2-3-5-7-16/h8-9H,2-7H2,1H3. The summed E-state index contributed by atoms with van der Waals surface area (Å²) in [5, 5.41) is 0.863. The van der Waals surface area contributed by atoms with Crippen molar-refractivity contribution in [2.45, 2.75) is 32.6 Å². The lowest BCUT2D eigenvalue weighted by molar-refractivity contribution is 0.726. The molecule has 0 atom stereocenters. The second-order valence-corrected chi connectivity index (χ2v) is 5.72. The van der Waals surface area contributed by atoms with Crippen LogP contribution in [0.4, 0.5) is 5.69 Å². The Labute approximate surface area is 111 Å². The number of hydrogen-bond donors (Lipinski definition) is 0. The van der Waals surface area contributed by atoms with E-state index in [1.165, 1.54) is 31.4 Å². The van der Waals surface area contributed by atoms with Crippen molar-refractivity contribution >= 4 is 33.2 Å². The molecule has 0 amide bonds. The minimum absolute atomic E-state index is 0.863. The molecule has 16 heavy (non-hydrogen) atoms. The Morgan fingerprint density at radius 2 is 1.75 bits per heavy atom. The van der Waals surface area contributed by atoms with E-state index in [2.05, 4.69) is 33.0 Å². The fraction of sp³-hybridized carbons (Fsp3) is 0.538. The van der Waals surface area contributed by atoms with E-state index in [9.17, 15) is 0 Å². The zero-order valence-electron chi connectivity index (χ0n) is 9.60. The molecule has 1 aliphatic rings. The Hall–Kier alpha value is -0.210. The summed E-state index contributed by atoms with van der Waals surface area (Å²) < 4.78 is 1.16. The van der Waals surface area contributed by atoms with Crippen LogP contribution in [-0.4, -0.2) is 13.1 Å². The van der Waals surface area contributed by atoms with Crippen LogP contribution in [-0.2, 0) is 0 Å². The normalized spacial score (nSPS) is 17.3. The van der Waals surface area contributed by atoms with Crippen molar-refractivity contribution in [3.05, 3.63) is 27.2 Å². The Morgan fingerprint density at radius 1 is 1.12 bits per heavy atom. The third kappa shape index (κ3) is 2.72. The first-order chi connectivity index (χ1) is 7.68. The van der Waals surface area contributed by atoms with Crippen molar-refractivity contribution in [2.75, 3.05) is 18.0 Å². The number of benzene rings is 1. The second kappa shape index (κ2) is 5.42. The number of rotatable bonds is 1. The van der Waals surface area contributed by atoms with Crippen molar-refractivity contribution < 1.29 is 0 Å². The maximum Gasteiger partial charge on any atom is 0.0525 e. The van der Waals surface area contributed by atoms with Crippen LogP contribution in [0.15, 0.2) is 16.6 Å². The van der Waals surface area contributed by atoms with Crippen LogP contribution in [0.5, 0.6) is 0 Å². The Bertz CT molecular complexity index is 370. The summed E-state index contributed by atoms with van der Waals surface area (Å²) in [7, 11) is 0. The SMILES string of the molecule is Cc1cc(Br)c(N2CCCCCC2)cc1Cl. The largest absolute Gasteiger partial charge is 0.371 e. The molecular formula is C13H17BrClN. The van der Waals surface area contributed by atoms with Gasteiger partial charge in [0.15, 0.2) is 0 Å². The molecule has 0 unspecified atom stereocenters. The van der Waals surface area contributed by atoms with Crippen LogP contribution < -0.4 is 4.90 Å². The van der Waals surface area contributed by atoms with Crippen molar-refractivity contribution in [2.24, 2.45) is 0 Å². The third-order valence-electron chi connectivity index (χ3n) is 3.17. The molecule has 0 N–H and O–H groups in total. The molecule has 0 aromatic heterocycles. The summed E-state index contributed by atoms with van der Waals surface area (Å²) in [6, 6.07) is 4.20. The average molecular weight is 303 g/mol. The molecule has 88 valence electrons. The van der Waals surface area contributed by atoms with Gasteiger partial charge in [0.1, 0.15) is 0 Å². The maximum absolute atomic E-state index is 6.20. The van der Waals surface area contributed by atoms with Gasteiger partial charge in [-0.25, -0.2) is 0 Å². The van der Waals surface area contributed by atoms with Gasteiger partial charge < -0.3 is 4.90 Å². The molecule has 0 radical (unpaired) electrons. The predicted octanol–water partition coefficient (Wildman–Crippen LogP) is 4.79. The Morgan fingerprint density at radius 3 is 2.38 bits per heavy atom. The number of aryl methyl sites for hydroxylation is 1. The lowest BCUT2D eigenvalue weighted by atomic mass is 10.2. The van der Waals surface area contributed by atoms with E-state index in [1.807, 2.05) is 6.92 Å². The predicted molar refractivity (Wildman–Crippen MR) is 74.6 cm³/mol. The monoisotopic (exact) mass is 301 g/mol. The van der Waals surface area contributed by atoms with Crippen LogP contribution in [0.1, 0.15) is 31.2 Å². The highest BCUT2D eigenvalue weighted by molar-refractivity contribution is 9.10. The molecule has 1 aromatic rings. The lowest BCUT2D eigenvalue weighted by Gasteiger charge is -2.24. The van der Waals surface area contributed by atoms with Gasteiger partial charge in [0.05, 0.1) is 5.69 Å². The second-order valence-electron chi connectivity index (χ2n) is 4.45. The van der Waals surface area contributed by atoms with Crippen LogP contribution in [0.25, 0.3) is 0 Å². The highest BCUT2D eigenvalue weighted by atomic mass is 79.9. The topological polar surface area (TPSA) is 3.24 Å². The molecule has 2 rings (SSSR count). The Balaban J connectivity index is 2.27. The van der Waals surface area contributed by atoms with Gasteiger partial charge >= 0.3 is 0 Å². The number of halogens is 2. The van der Waals surface area contributed by atoms with Crippen molar-refractivity contribution in [1.82, 2.24) is 0 Å². The van der Waals surface area contributed by atoms with E-state index in [-0.39, 0.29) is 0 Å². The number of nitrogens with zero attached hydrogens (tertiary/aromatic N) is 1. The zero-order chi connectivity index (χ0) is 11.5. The zero-order valence-corrected chi connectivity index (χ0v) is 11.9. The van der Waals surface area contributed by atoms with Gasteiger partial charge in [-0.1, -0.05) is 24.4 Å². The molecule has 1 nitrogen and oxygen atoms in total. The smallest absolute Gasteiger partial charge is 0.0525 e. The minimum atomic E-state index is 0.863. The number of anilines is 1. The summed E-state index contributed by atoms with van der Waals surface area (Å²) in [5.74, 6) is 0. The van der Waals surface area contributed by atoms with Crippen LogP contribution in [0.3, 0.4) is 0 Å². The molecular weight excluding hydrogens is 286 g/mol. The summed E-state index contributed by atoms with van der Waals surface area (Å²) in [4.78, 5) is 2.45. The fourth-order valence-electron chi connectivity index (χ4n) is 2.19. The Kier molecular flexibility index (Phi) is 4.15. The van der Waals surface area contributed by atoms with Crippen LogP contribution >= 0.6 is 27.5 Å². The summed E-state index contributed by atoms with van der Waals surface area (Å²) in [5.41, 5.74) is 2.38. The van der Waals surface area contributed by atoms with Gasteiger partial charge in [0.25, 0.3) is 0 Å². The molecule has 0 bridgehead atoms. The van der Waals surface area contributed by atoms with Gasteiger partial charge in [0, 0.05) is 22.6 Å². The third-order valence-corrected chi connectivity index (χ3v) is 4.22. The lowest BCUT2D eigenvalue weighted by Crippen LogP contribution is -2.24. The fourth-order valence-corrected chi connectivity index (χ4v) is 3.06. The minimum Gasteiger partial charge on any atom is -0.371 e. The summed E-state index contributed by atoms with van der Waals surface area (Å²) in [6.45, 7) is 4.34. The quantitative estimate of drug-likeness (QED) is 0.721. The molecule has 0 saturated carbocycles. The van der Waals surface area contributed by atoms with E-state index in [1.54, 1.807) is 0 Å². The highest BCUT2D eigenvalue weighted by Crippen LogP contribution is 2.33. The maximum atomic E-state index is 6.20. The van der Waals surface area contributed by atoms with E-state index >= 15 is 0 Å². The van der Waals surface area contributed by atoms with E-state index in [4.69, 9.17) is 11.6 Å². The first kappa shape index (κ1) is 12.3. The van der Waals surface area contributed by atoms with Gasteiger partial charge in [0.2, 0.25) is 0 Å². The summed E-state index contributed by atoms with van der Waals surface area (Å²) >= 11 is 9.84. The van der Waals surface area contributed by atoms with Gasteiger partial charge in [-0.15, -0.1) is 0 Å². The first-order valence-electron chi connectivity index (χ1n) is 5.89. The van der Waals surface area contributed by atoms with E-state index < -0.39 is 0 Å². The molecule has 1 saturated heterocycles. The molecule has 0 spiro atoms. The first-order valence-corrected chi connectivity index (χ1v) is 7.06. The molecule has 1 heterocycles. The van der Waals surface area contributed by atoms with Gasteiger partial charge in [-0.05, 0) is 53.4 Å². The number of hydrogen-bond acceptors (Lipinski definition) is 1. The van der Waals surface area contributed by atoms with Crippen LogP contribution in [0.2, 0.25) is 5.02 Å². The average Bonchev–Trinajstić information content (AvgIpc) is 2.52. The van der Waals surface area contributed by atoms with Crippen molar-refractivity contribution in [3.63, 3.8) is 0 Å². The van der Waals surface area contributed by atoms with Crippen molar-refractivity contribution in [3.8, 4) is 0 Å². The molecule has 0 aliphatic carbocycles.